The van der Waals surface area contributed by atoms with Gasteiger partial charge in [-0.05, 0) is 48.6 Å². The molecule has 0 aliphatic carbocycles. The van der Waals surface area contributed by atoms with Crippen LogP contribution in [0.3, 0.4) is 0 Å². The van der Waals surface area contributed by atoms with Gasteiger partial charge in [-0.1, -0.05) is 64.3 Å². The summed E-state index contributed by atoms with van der Waals surface area (Å²) in [5, 5.41) is 0. The largest absolute Gasteiger partial charge is 0.493 e. The van der Waals surface area contributed by atoms with Crippen LogP contribution in [-0.2, 0) is 4.79 Å². The summed E-state index contributed by atoms with van der Waals surface area (Å²) in [5.74, 6) is 0.710. The van der Waals surface area contributed by atoms with Crippen LogP contribution in [0.25, 0.3) is 0 Å². The monoisotopic (exact) mass is 426 g/mol. The molecule has 0 radical (unpaired) electrons. The lowest BCUT2D eigenvalue weighted by Gasteiger charge is -2.13. The molecule has 0 aromatic heterocycles. The van der Waals surface area contributed by atoms with Crippen molar-refractivity contribution in [2.45, 2.75) is 58.8 Å². The van der Waals surface area contributed by atoms with E-state index in [0.717, 1.165) is 25.7 Å². The highest BCUT2D eigenvalue weighted by molar-refractivity contribution is 5.97. The van der Waals surface area contributed by atoms with E-state index in [1.54, 1.807) is 18.2 Å². The molecule has 0 saturated carbocycles. The third kappa shape index (κ3) is 8.32. The molecule has 2 aromatic carbocycles. The van der Waals surface area contributed by atoms with Crippen LogP contribution in [0.2, 0.25) is 0 Å². The summed E-state index contributed by atoms with van der Waals surface area (Å²) in [6.45, 7) is 6.83. The van der Waals surface area contributed by atoms with Crippen molar-refractivity contribution in [2.24, 2.45) is 0 Å². The van der Waals surface area contributed by atoms with Crippen molar-refractivity contribution in [3.05, 3.63) is 59.7 Å². The van der Waals surface area contributed by atoms with Crippen molar-refractivity contribution in [3.8, 4) is 11.5 Å². The van der Waals surface area contributed by atoms with Gasteiger partial charge in [-0.3, -0.25) is 20.4 Å². The lowest BCUT2D eigenvalue weighted by Crippen LogP contribution is -2.43. The van der Waals surface area contributed by atoms with E-state index < -0.39 is 11.8 Å². The lowest BCUT2D eigenvalue weighted by molar-refractivity contribution is -0.123. The number of benzene rings is 2. The number of hydrazine groups is 1. The number of carbonyl (C=O) groups is 2. The fraction of sp³-hybridized carbons (Fsp3) is 0.440. The molecule has 0 spiro atoms. The normalized spacial score (nSPS) is 11.5. The quantitative estimate of drug-likeness (QED) is 0.370. The minimum absolute atomic E-state index is 0.196. The molecule has 2 rings (SSSR count). The molecular formula is C25H34N2O4. The van der Waals surface area contributed by atoms with E-state index in [1.165, 1.54) is 12.0 Å². The maximum Gasteiger partial charge on any atom is 0.276 e. The summed E-state index contributed by atoms with van der Waals surface area (Å²) >= 11 is 0. The number of amides is 2. The molecule has 0 aliphatic rings. The van der Waals surface area contributed by atoms with Gasteiger partial charge >= 0.3 is 0 Å². The number of unbranched alkanes of at least 4 members (excludes halogenated alkanes) is 3. The second-order valence-corrected chi connectivity index (χ2v) is 7.57. The van der Waals surface area contributed by atoms with Gasteiger partial charge in [0, 0.05) is 0 Å². The summed E-state index contributed by atoms with van der Waals surface area (Å²) in [5.41, 5.74) is 6.41. The summed E-state index contributed by atoms with van der Waals surface area (Å²) in [6, 6.07) is 14.7. The number of rotatable bonds is 12. The van der Waals surface area contributed by atoms with Gasteiger partial charge in [0.25, 0.3) is 11.8 Å². The van der Waals surface area contributed by atoms with Crippen molar-refractivity contribution in [3.63, 3.8) is 0 Å². The smallest absolute Gasteiger partial charge is 0.276 e. The zero-order chi connectivity index (χ0) is 22.5. The molecule has 0 unspecified atom stereocenters. The highest BCUT2D eigenvalue weighted by Gasteiger charge is 2.13. The number of para-hydroxylation sites is 1. The van der Waals surface area contributed by atoms with Gasteiger partial charge in [-0.15, -0.1) is 0 Å². The Kier molecular flexibility index (Phi) is 10.4. The molecule has 1 atom stereocenters. The predicted octanol–water partition coefficient (Wildman–Crippen LogP) is 5.00. The summed E-state index contributed by atoms with van der Waals surface area (Å²) in [7, 11) is 0. The van der Waals surface area contributed by atoms with Crippen LogP contribution in [0.1, 0.15) is 74.7 Å². The maximum atomic E-state index is 12.5. The Morgan fingerprint density at radius 1 is 0.903 bits per heavy atom. The van der Waals surface area contributed by atoms with Crippen molar-refractivity contribution in [1.82, 2.24) is 10.9 Å². The van der Waals surface area contributed by atoms with Crippen LogP contribution in [0.4, 0.5) is 0 Å². The fourth-order valence-corrected chi connectivity index (χ4v) is 3.00. The van der Waals surface area contributed by atoms with Crippen molar-refractivity contribution in [1.29, 1.82) is 0 Å². The van der Waals surface area contributed by atoms with Crippen LogP contribution >= 0.6 is 0 Å². The molecule has 2 aromatic rings. The Morgan fingerprint density at radius 2 is 1.65 bits per heavy atom. The minimum Gasteiger partial charge on any atom is -0.493 e. The molecule has 0 heterocycles. The van der Waals surface area contributed by atoms with Crippen LogP contribution in [-0.4, -0.2) is 25.0 Å². The summed E-state index contributed by atoms with van der Waals surface area (Å²) < 4.78 is 11.2. The second kappa shape index (κ2) is 13.3. The molecule has 2 amide bonds. The van der Waals surface area contributed by atoms with Gasteiger partial charge in [0.1, 0.15) is 11.5 Å². The Bertz CT molecular complexity index is 821. The van der Waals surface area contributed by atoms with E-state index >= 15 is 0 Å². The molecule has 2 N–H and O–H groups in total. The van der Waals surface area contributed by atoms with Crippen LogP contribution < -0.4 is 20.3 Å². The average Bonchev–Trinajstić information content (AvgIpc) is 2.81. The molecule has 6 nitrogen and oxygen atoms in total. The number of ether oxygens (including phenoxy) is 2. The number of hydrogen-bond acceptors (Lipinski definition) is 4. The summed E-state index contributed by atoms with van der Waals surface area (Å²) in [6.07, 6.45) is 5.43. The van der Waals surface area contributed by atoms with E-state index in [-0.39, 0.29) is 6.61 Å². The number of carbonyl (C=O) groups excluding carboxylic acids is 2. The molecule has 0 fully saturated rings. The zero-order valence-corrected chi connectivity index (χ0v) is 18.8. The first-order valence-electron chi connectivity index (χ1n) is 11.1. The predicted molar refractivity (Wildman–Crippen MR) is 122 cm³/mol. The molecule has 0 saturated heterocycles. The topological polar surface area (TPSA) is 76.7 Å². The maximum absolute atomic E-state index is 12.5. The van der Waals surface area contributed by atoms with Crippen LogP contribution in [0, 0.1) is 0 Å². The molecule has 6 heteroatoms. The first kappa shape index (κ1) is 24.3. The molecule has 31 heavy (non-hydrogen) atoms. The van der Waals surface area contributed by atoms with Gasteiger partial charge in [0.2, 0.25) is 0 Å². The third-order valence-electron chi connectivity index (χ3n) is 5.13. The summed E-state index contributed by atoms with van der Waals surface area (Å²) in [4.78, 5) is 24.5. The Labute approximate surface area is 185 Å². The molecule has 0 bridgehead atoms. The van der Waals surface area contributed by atoms with Crippen molar-refractivity contribution >= 4 is 11.8 Å². The SMILES string of the molecule is CCCCCCOc1ccccc1C(=O)NNC(=O)COc1ccc([C@@H](C)CC)cc1. The van der Waals surface area contributed by atoms with E-state index in [4.69, 9.17) is 9.47 Å². The van der Waals surface area contributed by atoms with Gasteiger partial charge < -0.3 is 9.47 Å². The van der Waals surface area contributed by atoms with Gasteiger partial charge in [0.05, 0.1) is 12.2 Å². The molecular weight excluding hydrogens is 392 g/mol. The highest BCUT2D eigenvalue weighted by atomic mass is 16.5. The Balaban J connectivity index is 1.78. The Hall–Kier alpha value is -3.02. The second-order valence-electron chi connectivity index (χ2n) is 7.57. The van der Waals surface area contributed by atoms with Gasteiger partial charge in [-0.25, -0.2) is 0 Å². The van der Waals surface area contributed by atoms with Gasteiger partial charge in [0.15, 0.2) is 6.61 Å². The van der Waals surface area contributed by atoms with Crippen molar-refractivity contribution in [2.75, 3.05) is 13.2 Å². The van der Waals surface area contributed by atoms with E-state index in [2.05, 4.69) is 31.6 Å². The number of nitrogens with one attached hydrogen (secondary N) is 2. The standard InChI is InChI=1S/C25H34N2O4/c1-4-6-7-10-17-30-23-12-9-8-11-22(23)25(29)27-26-24(28)18-31-21-15-13-20(14-16-21)19(3)5-2/h8-9,11-16,19H,4-7,10,17-18H2,1-3H3,(H,26,28)(H,27,29)/t19-/m0/s1. The first-order valence-corrected chi connectivity index (χ1v) is 11.1. The Morgan fingerprint density at radius 3 is 2.35 bits per heavy atom. The lowest BCUT2D eigenvalue weighted by atomic mass is 9.99. The minimum atomic E-state index is -0.447. The van der Waals surface area contributed by atoms with Gasteiger partial charge in [-0.2, -0.15) is 0 Å². The molecule has 0 aliphatic heterocycles. The zero-order valence-electron chi connectivity index (χ0n) is 18.8. The van der Waals surface area contributed by atoms with Crippen LogP contribution in [0.15, 0.2) is 48.5 Å². The first-order chi connectivity index (χ1) is 15.0. The van der Waals surface area contributed by atoms with E-state index in [1.807, 2.05) is 30.3 Å². The molecule has 168 valence electrons. The number of hydrogen-bond donors (Lipinski definition) is 2. The van der Waals surface area contributed by atoms with E-state index in [9.17, 15) is 9.59 Å². The average molecular weight is 427 g/mol. The third-order valence-corrected chi connectivity index (χ3v) is 5.13. The fourth-order valence-electron chi connectivity index (χ4n) is 3.00. The van der Waals surface area contributed by atoms with E-state index in [0.29, 0.717) is 29.6 Å². The van der Waals surface area contributed by atoms with Crippen LogP contribution in [0.5, 0.6) is 11.5 Å². The van der Waals surface area contributed by atoms with Crippen molar-refractivity contribution < 1.29 is 19.1 Å². The highest BCUT2D eigenvalue weighted by Crippen LogP contribution is 2.21.